The molecule has 3 rings (SSSR count). The van der Waals surface area contributed by atoms with Crippen LogP contribution in [0.2, 0.25) is 0 Å². The van der Waals surface area contributed by atoms with Crippen LogP contribution < -0.4 is 20.3 Å². The highest BCUT2D eigenvalue weighted by atomic mass is 32.2. The Balaban J connectivity index is 1.71. The second-order valence-corrected chi connectivity index (χ2v) is 8.96. The Kier molecular flexibility index (Phi) is 7.47. The second kappa shape index (κ2) is 10.5. The molecule has 33 heavy (non-hydrogen) atoms. The molecule has 3 N–H and O–H groups in total. The number of nitrogens with zero attached hydrogens (tertiary/aromatic N) is 1. The highest BCUT2D eigenvalue weighted by Crippen LogP contribution is 2.23. The Morgan fingerprint density at radius 1 is 0.909 bits per heavy atom. The number of carbonyl (C=O) groups is 2. The quantitative estimate of drug-likeness (QED) is 0.437. The van der Waals surface area contributed by atoms with Gasteiger partial charge in [0.1, 0.15) is 0 Å². The van der Waals surface area contributed by atoms with Crippen molar-refractivity contribution in [3.8, 4) is 0 Å². The van der Waals surface area contributed by atoms with Gasteiger partial charge < -0.3 is 16.0 Å². The Hall–Kier alpha value is -4.11. The van der Waals surface area contributed by atoms with Crippen molar-refractivity contribution >= 4 is 39.0 Å². The molecule has 0 aliphatic heterocycles. The number of para-hydroxylation sites is 1. The van der Waals surface area contributed by atoms with Gasteiger partial charge in [0, 0.05) is 30.5 Å². The molecule has 3 aromatic rings. The van der Waals surface area contributed by atoms with E-state index in [1.54, 1.807) is 60.7 Å². The molecule has 3 aromatic carbocycles. The molecule has 0 radical (unpaired) electrons. The average molecular weight is 465 g/mol. The Bertz CT molecular complexity index is 1240. The molecular weight excluding hydrogens is 440 g/mol. The molecule has 0 aromatic heterocycles. The number of urea groups is 1. The molecule has 8 nitrogen and oxygen atoms in total. The fourth-order valence-electron chi connectivity index (χ4n) is 2.91. The molecule has 0 aliphatic carbocycles. The van der Waals surface area contributed by atoms with Crippen molar-refractivity contribution in [2.75, 3.05) is 28.5 Å². The number of sulfonamides is 1. The number of rotatable bonds is 8. The summed E-state index contributed by atoms with van der Waals surface area (Å²) in [5.74, 6) is -0.459. The first kappa shape index (κ1) is 23.6. The normalized spacial score (nSPS) is 10.7. The van der Waals surface area contributed by atoms with Gasteiger partial charge >= 0.3 is 6.03 Å². The summed E-state index contributed by atoms with van der Waals surface area (Å²) >= 11 is 0. The third-order valence-electron chi connectivity index (χ3n) is 4.68. The maximum atomic E-state index is 13.0. The molecule has 0 saturated carbocycles. The highest BCUT2D eigenvalue weighted by molar-refractivity contribution is 7.92. The maximum Gasteiger partial charge on any atom is 0.319 e. The minimum absolute atomic E-state index is 0.00610. The van der Waals surface area contributed by atoms with E-state index in [0.29, 0.717) is 23.6 Å². The van der Waals surface area contributed by atoms with Crippen molar-refractivity contribution in [2.45, 2.75) is 4.90 Å². The number of benzene rings is 3. The van der Waals surface area contributed by atoms with E-state index in [0.717, 1.165) is 0 Å². The van der Waals surface area contributed by atoms with Crippen LogP contribution in [-0.2, 0) is 10.0 Å². The van der Waals surface area contributed by atoms with Gasteiger partial charge in [0.15, 0.2) is 0 Å². The van der Waals surface area contributed by atoms with Gasteiger partial charge in [0.05, 0.1) is 10.6 Å². The van der Waals surface area contributed by atoms with Crippen LogP contribution in [0.4, 0.5) is 21.9 Å². The van der Waals surface area contributed by atoms with Gasteiger partial charge in [-0.05, 0) is 54.6 Å². The summed E-state index contributed by atoms with van der Waals surface area (Å²) in [6.45, 7) is 3.87. The van der Waals surface area contributed by atoms with E-state index in [2.05, 4.69) is 22.5 Å². The van der Waals surface area contributed by atoms with Crippen molar-refractivity contribution in [1.82, 2.24) is 5.32 Å². The van der Waals surface area contributed by atoms with Crippen molar-refractivity contribution < 1.29 is 18.0 Å². The van der Waals surface area contributed by atoms with E-state index >= 15 is 0 Å². The predicted molar refractivity (Wildman–Crippen MR) is 130 cm³/mol. The second-order valence-electron chi connectivity index (χ2n) is 6.99. The molecule has 0 heterocycles. The number of anilines is 3. The smallest absolute Gasteiger partial charge is 0.319 e. The van der Waals surface area contributed by atoms with Crippen LogP contribution in [0.3, 0.4) is 0 Å². The molecule has 0 aliphatic rings. The molecule has 0 spiro atoms. The van der Waals surface area contributed by atoms with Gasteiger partial charge in [-0.1, -0.05) is 30.3 Å². The van der Waals surface area contributed by atoms with Gasteiger partial charge in [-0.2, -0.15) is 0 Å². The molecule has 9 heteroatoms. The third kappa shape index (κ3) is 5.98. The lowest BCUT2D eigenvalue weighted by atomic mass is 10.2. The van der Waals surface area contributed by atoms with Crippen LogP contribution in [0.1, 0.15) is 10.4 Å². The minimum Gasteiger partial charge on any atom is -0.334 e. The summed E-state index contributed by atoms with van der Waals surface area (Å²) < 4.78 is 27.2. The topological polar surface area (TPSA) is 108 Å². The van der Waals surface area contributed by atoms with Crippen LogP contribution in [0, 0.1) is 0 Å². The Morgan fingerprint density at radius 2 is 1.55 bits per heavy atom. The van der Waals surface area contributed by atoms with Gasteiger partial charge in [-0.25, -0.2) is 13.2 Å². The fraction of sp³-hybridized carbons (Fsp3) is 0.0833. The molecule has 170 valence electrons. The number of amides is 3. The fourth-order valence-corrected chi connectivity index (χ4v) is 4.15. The highest BCUT2D eigenvalue weighted by Gasteiger charge is 2.22. The molecule has 0 fully saturated rings. The third-order valence-corrected chi connectivity index (χ3v) is 6.46. The van der Waals surface area contributed by atoms with E-state index in [9.17, 15) is 18.0 Å². The zero-order chi connectivity index (χ0) is 23.8. The van der Waals surface area contributed by atoms with E-state index in [1.807, 2.05) is 0 Å². The van der Waals surface area contributed by atoms with E-state index in [4.69, 9.17) is 0 Å². The van der Waals surface area contributed by atoms with E-state index in [-0.39, 0.29) is 16.5 Å². The zero-order valence-corrected chi connectivity index (χ0v) is 18.8. The maximum absolute atomic E-state index is 13.0. The average Bonchev–Trinajstić information content (AvgIpc) is 2.84. The molecule has 3 amide bonds. The van der Waals surface area contributed by atoms with Gasteiger partial charge in [0.2, 0.25) is 0 Å². The monoisotopic (exact) mass is 464 g/mol. The Morgan fingerprint density at radius 3 is 2.18 bits per heavy atom. The van der Waals surface area contributed by atoms with Crippen LogP contribution in [0.25, 0.3) is 0 Å². The first-order chi connectivity index (χ1) is 15.8. The number of carbonyl (C=O) groups excluding carboxylic acids is 2. The standard InChI is InChI=1S/C24H24N4O4S/c1-3-16-25-24(30)27-20-14-12-19(13-15-20)26-23(29)18-8-7-11-22(17-18)33(31,32)28(2)21-9-5-4-6-10-21/h3-15,17H,1,16H2,2H3,(H,26,29)(H2,25,27,30). The summed E-state index contributed by atoms with van der Waals surface area (Å²) in [5.41, 5.74) is 1.75. The van der Waals surface area contributed by atoms with Crippen molar-refractivity contribution in [3.63, 3.8) is 0 Å². The first-order valence-corrected chi connectivity index (χ1v) is 11.5. The Labute approximate surface area is 193 Å². The lowest BCUT2D eigenvalue weighted by Crippen LogP contribution is -2.28. The number of hydrogen-bond acceptors (Lipinski definition) is 4. The van der Waals surface area contributed by atoms with E-state index in [1.165, 1.54) is 35.6 Å². The van der Waals surface area contributed by atoms with Crippen molar-refractivity contribution in [3.05, 3.63) is 97.1 Å². The molecular formula is C24H24N4O4S. The summed E-state index contributed by atoms with van der Waals surface area (Å²) in [6, 6.07) is 20.7. The summed E-state index contributed by atoms with van der Waals surface area (Å²) in [5, 5.41) is 7.97. The van der Waals surface area contributed by atoms with Crippen molar-refractivity contribution in [2.24, 2.45) is 0 Å². The van der Waals surface area contributed by atoms with Crippen LogP contribution >= 0.6 is 0 Å². The summed E-state index contributed by atoms with van der Waals surface area (Å²) in [6.07, 6.45) is 1.57. The minimum atomic E-state index is -3.84. The number of nitrogens with one attached hydrogen (secondary N) is 3. The zero-order valence-electron chi connectivity index (χ0n) is 18.0. The molecule has 0 unspecified atom stereocenters. The SMILES string of the molecule is C=CCNC(=O)Nc1ccc(NC(=O)c2cccc(S(=O)(=O)N(C)c3ccccc3)c2)cc1. The number of hydrogen-bond donors (Lipinski definition) is 3. The van der Waals surface area contributed by atoms with Crippen molar-refractivity contribution in [1.29, 1.82) is 0 Å². The van der Waals surface area contributed by atoms with Crippen LogP contribution in [-0.4, -0.2) is 33.9 Å². The van der Waals surface area contributed by atoms with Gasteiger partial charge in [0.25, 0.3) is 15.9 Å². The molecule has 0 saturated heterocycles. The molecule has 0 atom stereocenters. The van der Waals surface area contributed by atoms with Crippen LogP contribution in [0.5, 0.6) is 0 Å². The molecule has 0 bridgehead atoms. The predicted octanol–water partition coefficient (Wildman–Crippen LogP) is 4.07. The van der Waals surface area contributed by atoms with Gasteiger partial charge in [-0.15, -0.1) is 6.58 Å². The first-order valence-electron chi connectivity index (χ1n) is 10.0. The largest absolute Gasteiger partial charge is 0.334 e. The summed E-state index contributed by atoms with van der Waals surface area (Å²) in [7, 11) is -2.38. The summed E-state index contributed by atoms with van der Waals surface area (Å²) in [4.78, 5) is 24.4. The van der Waals surface area contributed by atoms with Crippen LogP contribution in [0.15, 0.2) is 96.4 Å². The lowest BCUT2D eigenvalue weighted by molar-refractivity contribution is 0.102. The van der Waals surface area contributed by atoms with Gasteiger partial charge in [-0.3, -0.25) is 9.10 Å². The van der Waals surface area contributed by atoms with E-state index < -0.39 is 15.9 Å². The lowest BCUT2D eigenvalue weighted by Gasteiger charge is -2.19.